The zero-order chi connectivity index (χ0) is 26.6. The van der Waals surface area contributed by atoms with Crippen molar-refractivity contribution < 1.29 is 31.1 Å². The van der Waals surface area contributed by atoms with Crippen LogP contribution in [-0.4, -0.2) is 78.1 Å². The molecule has 0 N–H and O–H groups in total. The van der Waals surface area contributed by atoms with Crippen molar-refractivity contribution in [3.8, 4) is 22.5 Å². The van der Waals surface area contributed by atoms with E-state index in [-0.39, 0.29) is 17.3 Å². The van der Waals surface area contributed by atoms with Gasteiger partial charge in [0, 0.05) is 43.7 Å². The molecule has 0 amide bonds. The lowest BCUT2D eigenvalue weighted by Gasteiger charge is -2.48. The van der Waals surface area contributed by atoms with Crippen LogP contribution in [0.3, 0.4) is 0 Å². The zero-order valence-corrected chi connectivity index (χ0v) is 20.4. The SMILES string of the molecule is CCOC(=O)CC1(n2cc(-c3nc(-c4cnn(C)c4)cn4nccc34)cn2)CN(S(=O)(=O)C(F)(F)F)C1. The van der Waals surface area contributed by atoms with E-state index in [2.05, 4.69) is 15.3 Å². The summed E-state index contributed by atoms with van der Waals surface area (Å²) in [5, 5.41) is 12.7. The van der Waals surface area contributed by atoms with Gasteiger partial charge in [-0.25, -0.2) is 17.9 Å². The molecule has 1 aliphatic heterocycles. The standard InChI is InChI=1S/C21H21F3N8O4S/c1-3-36-18(33)6-20(12-30(13-20)37(34,35)21(22,23)24)32-10-15(8-27-32)19-17-4-5-25-31(17)11-16(28-19)14-7-26-29(2)9-14/h4-5,7-11H,3,6,12-13H2,1-2H3. The van der Waals surface area contributed by atoms with Gasteiger partial charge in [-0.15, -0.1) is 0 Å². The van der Waals surface area contributed by atoms with E-state index in [0.717, 1.165) is 5.56 Å². The van der Waals surface area contributed by atoms with Gasteiger partial charge in [0.25, 0.3) is 0 Å². The van der Waals surface area contributed by atoms with Crippen molar-refractivity contribution in [1.82, 2.24) is 38.5 Å². The first-order valence-corrected chi connectivity index (χ1v) is 12.5. The van der Waals surface area contributed by atoms with E-state index in [9.17, 15) is 26.4 Å². The Morgan fingerprint density at radius 1 is 1.11 bits per heavy atom. The topological polar surface area (TPSA) is 130 Å². The number of aromatic nitrogens is 7. The van der Waals surface area contributed by atoms with Gasteiger partial charge in [0.05, 0.1) is 54.7 Å². The molecule has 0 radical (unpaired) electrons. The Hall–Kier alpha value is -3.79. The number of esters is 1. The van der Waals surface area contributed by atoms with Crippen LogP contribution in [0.15, 0.2) is 43.2 Å². The normalized spacial score (nSPS) is 16.1. The van der Waals surface area contributed by atoms with Gasteiger partial charge in [0.2, 0.25) is 0 Å². The summed E-state index contributed by atoms with van der Waals surface area (Å²) in [5.41, 5.74) is -3.89. The Kier molecular flexibility index (Phi) is 5.82. The van der Waals surface area contributed by atoms with Crippen molar-refractivity contribution in [3.63, 3.8) is 0 Å². The second-order valence-electron chi connectivity index (χ2n) is 8.64. The Labute approximate surface area is 208 Å². The van der Waals surface area contributed by atoms with E-state index in [1.165, 1.54) is 17.1 Å². The van der Waals surface area contributed by atoms with Crippen LogP contribution < -0.4 is 0 Å². The molecular formula is C21H21F3N8O4S. The average molecular weight is 539 g/mol. The van der Waals surface area contributed by atoms with Crippen molar-refractivity contribution in [2.75, 3.05) is 19.7 Å². The number of rotatable bonds is 7. The molecular weight excluding hydrogens is 517 g/mol. The molecule has 4 aromatic rings. The van der Waals surface area contributed by atoms with E-state index in [4.69, 9.17) is 9.72 Å². The van der Waals surface area contributed by atoms with Gasteiger partial charge in [0.1, 0.15) is 5.54 Å². The van der Waals surface area contributed by atoms with Crippen molar-refractivity contribution in [2.45, 2.75) is 24.4 Å². The van der Waals surface area contributed by atoms with Crippen molar-refractivity contribution in [3.05, 3.63) is 43.2 Å². The highest BCUT2D eigenvalue weighted by atomic mass is 32.2. The number of ether oxygens (including phenoxy) is 1. The lowest BCUT2D eigenvalue weighted by molar-refractivity contribution is -0.148. The van der Waals surface area contributed by atoms with E-state index in [1.54, 1.807) is 54.0 Å². The first kappa shape index (κ1) is 24.9. The number of halogens is 3. The number of fused-ring (bicyclic) bond motifs is 1. The quantitative estimate of drug-likeness (QED) is 0.326. The smallest absolute Gasteiger partial charge is 0.466 e. The van der Waals surface area contributed by atoms with Crippen molar-refractivity contribution in [1.29, 1.82) is 0 Å². The van der Waals surface area contributed by atoms with Crippen molar-refractivity contribution >= 4 is 21.5 Å². The minimum absolute atomic E-state index is 0.0636. The maximum Gasteiger partial charge on any atom is 0.511 e. The third-order valence-corrected chi connectivity index (χ3v) is 7.61. The summed E-state index contributed by atoms with van der Waals surface area (Å²) in [6.07, 6.45) is 9.36. The Morgan fingerprint density at radius 3 is 2.49 bits per heavy atom. The molecule has 0 aromatic carbocycles. The molecule has 5 heterocycles. The van der Waals surface area contributed by atoms with Gasteiger partial charge in [-0.2, -0.15) is 32.8 Å². The molecule has 0 unspecified atom stereocenters. The number of alkyl halides is 3. The van der Waals surface area contributed by atoms with Crippen LogP contribution in [0.4, 0.5) is 13.2 Å². The Morgan fingerprint density at radius 2 is 1.84 bits per heavy atom. The summed E-state index contributed by atoms with van der Waals surface area (Å²) < 4.78 is 72.9. The van der Waals surface area contributed by atoms with Crippen LogP contribution in [0.2, 0.25) is 0 Å². The van der Waals surface area contributed by atoms with E-state index < -0.39 is 40.1 Å². The molecule has 12 nitrogen and oxygen atoms in total. The minimum atomic E-state index is -5.56. The summed E-state index contributed by atoms with van der Waals surface area (Å²) in [6.45, 7) is 0.462. The average Bonchev–Trinajstić information content (AvgIpc) is 3.55. The second-order valence-corrected chi connectivity index (χ2v) is 10.6. The second kappa shape index (κ2) is 8.65. The fraction of sp³-hybridized carbons (Fsp3) is 0.381. The van der Waals surface area contributed by atoms with E-state index >= 15 is 0 Å². The van der Waals surface area contributed by atoms with Crippen molar-refractivity contribution in [2.24, 2.45) is 7.05 Å². The van der Waals surface area contributed by atoms with Gasteiger partial charge in [-0.05, 0) is 13.0 Å². The summed E-state index contributed by atoms with van der Waals surface area (Å²) in [4.78, 5) is 17.0. The van der Waals surface area contributed by atoms with Gasteiger partial charge >= 0.3 is 21.5 Å². The Bertz CT molecular complexity index is 1580. The first-order chi connectivity index (χ1) is 17.4. The molecule has 0 aliphatic carbocycles. The molecule has 1 saturated heterocycles. The molecule has 4 aromatic heterocycles. The van der Waals surface area contributed by atoms with Crippen LogP contribution in [-0.2, 0) is 32.1 Å². The number of hydrogen-bond donors (Lipinski definition) is 0. The third-order valence-electron chi connectivity index (χ3n) is 6.08. The molecule has 37 heavy (non-hydrogen) atoms. The lowest BCUT2D eigenvalue weighted by atomic mass is 9.88. The number of sulfonamides is 1. The number of hydrogen-bond acceptors (Lipinski definition) is 8. The number of carbonyl (C=O) groups is 1. The lowest BCUT2D eigenvalue weighted by Crippen LogP contribution is -2.66. The van der Waals surface area contributed by atoms with Crippen LogP contribution in [0, 0.1) is 0 Å². The molecule has 0 bridgehead atoms. The molecule has 196 valence electrons. The van der Waals surface area contributed by atoms with Crippen LogP contribution in [0.5, 0.6) is 0 Å². The van der Waals surface area contributed by atoms with E-state index in [0.29, 0.717) is 22.5 Å². The molecule has 5 rings (SSSR count). The monoisotopic (exact) mass is 538 g/mol. The predicted octanol–water partition coefficient (Wildman–Crippen LogP) is 1.81. The fourth-order valence-corrected chi connectivity index (χ4v) is 5.39. The largest absolute Gasteiger partial charge is 0.511 e. The first-order valence-electron chi connectivity index (χ1n) is 11.0. The minimum Gasteiger partial charge on any atom is -0.466 e. The number of carbonyl (C=O) groups excluding carboxylic acids is 1. The summed E-state index contributed by atoms with van der Waals surface area (Å²) in [6, 6.07) is 1.74. The van der Waals surface area contributed by atoms with E-state index in [1.807, 2.05) is 0 Å². The molecule has 1 aliphatic rings. The third kappa shape index (κ3) is 4.25. The molecule has 16 heteroatoms. The highest BCUT2D eigenvalue weighted by Gasteiger charge is 2.59. The highest BCUT2D eigenvalue weighted by Crippen LogP contribution is 2.40. The fourth-order valence-electron chi connectivity index (χ4n) is 4.28. The van der Waals surface area contributed by atoms with Crippen LogP contribution in [0.1, 0.15) is 13.3 Å². The summed E-state index contributed by atoms with van der Waals surface area (Å²) >= 11 is 0. The maximum absolute atomic E-state index is 13.1. The van der Waals surface area contributed by atoms with Gasteiger partial charge in [-0.3, -0.25) is 14.2 Å². The number of nitrogens with zero attached hydrogens (tertiary/aromatic N) is 8. The molecule has 0 saturated carbocycles. The zero-order valence-electron chi connectivity index (χ0n) is 19.6. The summed E-state index contributed by atoms with van der Waals surface area (Å²) in [5.74, 6) is -0.682. The van der Waals surface area contributed by atoms with Gasteiger partial charge in [0.15, 0.2) is 0 Å². The highest BCUT2D eigenvalue weighted by molar-refractivity contribution is 7.90. The predicted molar refractivity (Wildman–Crippen MR) is 122 cm³/mol. The Balaban J connectivity index is 1.53. The van der Waals surface area contributed by atoms with Crippen LogP contribution >= 0.6 is 0 Å². The molecule has 0 spiro atoms. The number of aryl methyl sites for hydroxylation is 1. The molecule has 0 atom stereocenters. The maximum atomic E-state index is 13.1. The van der Waals surface area contributed by atoms with Crippen LogP contribution in [0.25, 0.3) is 28.0 Å². The summed E-state index contributed by atoms with van der Waals surface area (Å²) in [7, 11) is -3.79. The van der Waals surface area contributed by atoms with Gasteiger partial charge in [-0.1, -0.05) is 0 Å². The molecule has 1 fully saturated rings. The van der Waals surface area contributed by atoms with Gasteiger partial charge < -0.3 is 4.74 Å².